The van der Waals surface area contributed by atoms with Crippen molar-refractivity contribution in [3.63, 3.8) is 0 Å². The lowest BCUT2D eigenvalue weighted by atomic mass is 10.1. The Bertz CT molecular complexity index is 698. The van der Waals surface area contributed by atoms with Crippen LogP contribution in [0.4, 0.5) is 0 Å². The van der Waals surface area contributed by atoms with Gasteiger partial charge in [-0.15, -0.1) is 11.8 Å². The summed E-state index contributed by atoms with van der Waals surface area (Å²) in [7, 11) is 0. The van der Waals surface area contributed by atoms with Crippen LogP contribution in [0.2, 0.25) is 10.0 Å². The van der Waals surface area contributed by atoms with Gasteiger partial charge in [0.25, 0.3) is 0 Å². The molecule has 2 aromatic carbocycles. The van der Waals surface area contributed by atoms with Crippen LogP contribution in [0, 0.1) is 0 Å². The molecule has 114 valence electrons. The Morgan fingerprint density at radius 2 is 1.73 bits per heavy atom. The van der Waals surface area contributed by atoms with Crippen LogP contribution >= 0.6 is 35.0 Å². The monoisotopic (exact) mass is 354 g/mol. The Hall–Kier alpha value is -1.36. The summed E-state index contributed by atoms with van der Waals surface area (Å²) in [6.07, 6.45) is 0. The van der Waals surface area contributed by atoms with Crippen LogP contribution in [0.1, 0.15) is 10.4 Å². The first-order valence-electron chi connectivity index (χ1n) is 6.65. The molecule has 1 aliphatic rings. The van der Waals surface area contributed by atoms with E-state index in [0.29, 0.717) is 40.3 Å². The Kier molecular flexibility index (Phi) is 4.81. The summed E-state index contributed by atoms with van der Waals surface area (Å²) >= 11 is 13.5. The first kappa shape index (κ1) is 15.5. The zero-order valence-corrected chi connectivity index (χ0v) is 13.8. The largest absolute Gasteiger partial charge is 0.486 e. The van der Waals surface area contributed by atoms with Crippen molar-refractivity contribution < 1.29 is 14.3 Å². The van der Waals surface area contributed by atoms with Gasteiger partial charge in [-0.25, -0.2) is 0 Å². The predicted octanol–water partition coefficient (Wildman–Crippen LogP) is 4.74. The molecule has 0 N–H and O–H groups in total. The SMILES string of the molecule is O=C(CSc1c(Cl)cccc1Cl)c1ccc2c(c1)OCCO2. The minimum atomic E-state index is -0.0158. The van der Waals surface area contributed by atoms with Crippen molar-refractivity contribution >= 4 is 40.7 Å². The Morgan fingerprint density at radius 3 is 2.45 bits per heavy atom. The maximum Gasteiger partial charge on any atom is 0.173 e. The minimum Gasteiger partial charge on any atom is -0.486 e. The average Bonchev–Trinajstić information content (AvgIpc) is 2.53. The normalized spacial score (nSPS) is 13.0. The fourth-order valence-electron chi connectivity index (χ4n) is 2.06. The molecule has 0 aliphatic carbocycles. The zero-order chi connectivity index (χ0) is 15.5. The summed E-state index contributed by atoms with van der Waals surface area (Å²) in [5, 5.41) is 1.10. The molecule has 0 unspecified atom stereocenters. The molecule has 0 aromatic heterocycles. The highest BCUT2D eigenvalue weighted by molar-refractivity contribution is 8.00. The van der Waals surface area contributed by atoms with E-state index in [4.69, 9.17) is 32.7 Å². The highest BCUT2D eigenvalue weighted by atomic mass is 35.5. The third kappa shape index (κ3) is 3.35. The van der Waals surface area contributed by atoms with E-state index in [2.05, 4.69) is 0 Å². The molecule has 22 heavy (non-hydrogen) atoms. The third-order valence-electron chi connectivity index (χ3n) is 3.13. The number of ether oxygens (including phenoxy) is 2. The molecule has 0 atom stereocenters. The van der Waals surface area contributed by atoms with E-state index >= 15 is 0 Å². The quantitative estimate of drug-likeness (QED) is 0.586. The predicted molar refractivity (Wildman–Crippen MR) is 88.9 cm³/mol. The number of thioether (sulfide) groups is 1. The van der Waals surface area contributed by atoms with Gasteiger partial charge in [-0.05, 0) is 30.3 Å². The zero-order valence-electron chi connectivity index (χ0n) is 11.5. The van der Waals surface area contributed by atoms with E-state index in [1.54, 1.807) is 36.4 Å². The first-order valence-corrected chi connectivity index (χ1v) is 8.39. The van der Waals surface area contributed by atoms with Crippen molar-refractivity contribution in [3.05, 3.63) is 52.0 Å². The van der Waals surface area contributed by atoms with E-state index in [9.17, 15) is 4.79 Å². The molecule has 6 heteroatoms. The van der Waals surface area contributed by atoms with Gasteiger partial charge in [-0.3, -0.25) is 4.79 Å². The Labute approximate surface area is 142 Å². The lowest BCUT2D eigenvalue weighted by Crippen LogP contribution is -2.16. The number of hydrogen-bond donors (Lipinski definition) is 0. The summed E-state index contributed by atoms with van der Waals surface area (Å²) < 4.78 is 10.9. The highest BCUT2D eigenvalue weighted by Gasteiger charge is 2.16. The lowest BCUT2D eigenvalue weighted by molar-refractivity contribution is 0.102. The van der Waals surface area contributed by atoms with Crippen LogP contribution in [-0.4, -0.2) is 24.7 Å². The average molecular weight is 355 g/mol. The van der Waals surface area contributed by atoms with Gasteiger partial charge < -0.3 is 9.47 Å². The second-order valence-corrected chi connectivity index (χ2v) is 6.42. The molecule has 1 heterocycles. The van der Waals surface area contributed by atoms with Gasteiger partial charge >= 0.3 is 0 Å². The lowest BCUT2D eigenvalue weighted by Gasteiger charge is -2.18. The maximum atomic E-state index is 12.3. The van der Waals surface area contributed by atoms with Crippen molar-refractivity contribution in [1.82, 2.24) is 0 Å². The number of benzene rings is 2. The Balaban J connectivity index is 1.72. The van der Waals surface area contributed by atoms with Crippen LogP contribution < -0.4 is 9.47 Å². The third-order valence-corrected chi connectivity index (χ3v) is 5.12. The molecule has 1 aliphatic heterocycles. The van der Waals surface area contributed by atoms with E-state index < -0.39 is 0 Å². The van der Waals surface area contributed by atoms with Gasteiger partial charge in [0.1, 0.15) is 13.2 Å². The second-order valence-electron chi connectivity index (χ2n) is 4.62. The highest BCUT2D eigenvalue weighted by Crippen LogP contribution is 2.35. The van der Waals surface area contributed by atoms with Crippen molar-refractivity contribution in [2.24, 2.45) is 0 Å². The number of rotatable bonds is 4. The molecule has 0 fully saturated rings. The molecule has 0 amide bonds. The van der Waals surface area contributed by atoms with Gasteiger partial charge in [0, 0.05) is 10.5 Å². The maximum absolute atomic E-state index is 12.3. The van der Waals surface area contributed by atoms with E-state index in [1.165, 1.54) is 11.8 Å². The van der Waals surface area contributed by atoms with Gasteiger partial charge in [0.2, 0.25) is 0 Å². The fourth-order valence-corrected chi connectivity index (χ4v) is 3.64. The smallest absolute Gasteiger partial charge is 0.173 e. The van der Waals surface area contributed by atoms with Gasteiger partial charge in [0.15, 0.2) is 17.3 Å². The van der Waals surface area contributed by atoms with Crippen LogP contribution in [0.25, 0.3) is 0 Å². The number of halogens is 2. The summed E-state index contributed by atoms with van der Waals surface area (Å²) in [4.78, 5) is 13.0. The molecular formula is C16H12Cl2O3S. The van der Waals surface area contributed by atoms with Gasteiger partial charge in [-0.2, -0.15) is 0 Å². The number of carbonyl (C=O) groups excluding carboxylic acids is 1. The molecule has 0 saturated heterocycles. The number of carbonyl (C=O) groups is 1. The van der Waals surface area contributed by atoms with E-state index in [0.717, 1.165) is 4.90 Å². The fraction of sp³-hybridized carbons (Fsp3) is 0.188. The molecule has 0 saturated carbocycles. The standard InChI is InChI=1S/C16H12Cl2O3S/c17-11-2-1-3-12(18)16(11)22-9-13(19)10-4-5-14-15(8-10)21-7-6-20-14/h1-5,8H,6-7,9H2. The number of ketones is 1. The van der Waals surface area contributed by atoms with Gasteiger partial charge in [0.05, 0.1) is 15.8 Å². The Morgan fingerprint density at radius 1 is 1.05 bits per heavy atom. The van der Waals surface area contributed by atoms with Crippen LogP contribution in [0.15, 0.2) is 41.3 Å². The molecule has 0 spiro atoms. The van der Waals surface area contributed by atoms with Crippen LogP contribution in [-0.2, 0) is 0 Å². The molecule has 0 radical (unpaired) electrons. The number of fused-ring (bicyclic) bond motifs is 1. The second kappa shape index (κ2) is 6.82. The van der Waals surface area contributed by atoms with E-state index in [1.807, 2.05) is 0 Å². The van der Waals surface area contributed by atoms with E-state index in [-0.39, 0.29) is 11.5 Å². The summed E-state index contributed by atoms with van der Waals surface area (Å²) in [6, 6.07) is 10.5. The van der Waals surface area contributed by atoms with Crippen LogP contribution in [0.3, 0.4) is 0 Å². The van der Waals surface area contributed by atoms with Gasteiger partial charge in [-0.1, -0.05) is 29.3 Å². The summed E-state index contributed by atoms with van der Waals surface area (Å²) in [5.41, 5.74) is 0.583. The number of hydrogen-bond acceptors (Lipinski definition) is 4. The topological polar surface area (TPSA) is 35.5 Å². The molecule has 3 rings (SSSR count). The summed E-state index contributed by atoms with van der Waals surface area (Å²) in [5.74, 6) is 1.52. The minimum absolute atomic E-state index is 0.0158. The molecule has 0 bridgehead atoms. The molecular weight excluding hydrogens is 343 g/mol. The molecule has 2 aromatic rings. The summed E-state index contributed by atoms with van der Waals surface area (Å²) in [6.45, 7) is 1.02. The van der Waals surface area contributed by atoms with Crippen molar-refractivity contribution in [3.8, 4) is 11.5 Å². The number of Topliss-reactive ketones (excluding diaryl/α,β-unsaturated/α-hetero) is 1. The first-order chi connectivity index (χ1) is 10.6. The van der Waals surface area contributed by atoms with Crippen molar-refractivity contribution in [2.75, 3.05) is 19.0 Å². The van der Waals surface area contributed by atoms with Crippen LogP contribution in [0.5, 0.6) is 11.5 Å². The van der Waals surface area contributed by atoms with Crippen molar-refractivity contribution in [1.29, 1.82) is 0 Å². The van der Waals surface area contributed by atoms with Crippen molar-refractivity contribution in [2.45, 2.75) is 4.90 Å². The molecule has 3 nitrogen and oxygen atoms in total.